The zero-order valence-electron chi connectivity index (χ0n) is 6.68. The van der Waals surface area contributed by atoms with Crippen LogP contribution in [-0.2, 0) is 0 Å². The molecule has 0 N–H and O–H groups in total. The summed E-state index contributed by atoms with van der Waals surface area (Å²) < 4.78 is 24.6. The van der Waals surface area contributed by atoms with Gasteiger partial charge in [-0.3, -0.25) is 0 Å². The monoisotopic (exact) mass is 187 g/mol. The first-order chi connectivity index (χ1) is 5.75. The van der Waals surface area contributed by atoms with Crippen LogP contribution in [0.3, 0.4) is 0 Å². The quantitative estimate of drug-likeness (QED) is 0.652. The fourth-order valence-electron chi connectivity index (χ4n) is 0.876. The molecule has 1 radical (unpaired) electrons. The maximum atomic E-state index is 12.3. The fraction of sp³-hybridized carbons (Fsp3) is 0.333. The van der Waals surface area contributed by atoms with Gasteiger partial charge in [0.05, 0.1) is 0 Å². The average Bonchev–Trinajstić information content (AvgIpc) is 2.05. The highest BCUT2D eigenvalue weighted by Crippen LogP contribution is 2.29. The molecule has 1 rings (SSSR count). The lowest BCUT2D eigenvalue weighted by Gasteiger charge is -2.05. The Morgan fingerprint density at radius 1 is 1.58 bits per heavy atom. The number of hydrogen-bond acceptors (Lipinski definition) is 1. The molecule has 0 nitrogen and oxygen atoms in total. The van der Waals surface area contributed by atoms with E-state index in [2.05, 4.69) is 6.07 Å². The smallest absolute Gasteiger partial charge is 0.205 e. The molecule has 65 valence electrons. The number of thioether (sulfide) groups is 1. The van der Waals surface area contributed by atoms with Crippen molar-refractivity contribution >= 4 is 11.8 Å². The molecule has 0 saturated heterocycles. The summed E-state index contributed by atoms with van der Waals surface area (Å²) in [5.41, 5.74) is 0.0874. The van der Waals surface area contributed by atoms with E-state index in [9.17, 15) is 8.78 Å². The normalized spacial score (nSPS) is 10.7. The molecule has 0 spiro atoms. The Morgan fingerprint density at radius 2 is 2.33 bits per heavy atom. The molecule has 0 aromatic heterocycles. The van der Waals surface area contributed by atoms with Crippen LogP contribution in [0.5, 0.6) is 0 Å². The second-order valence-electron chi connectivity index (χ2n) is 2.19. The Labute approximate surface area is 75.0 Å². The van der Waals surface area contributed by atoms with E-state index in [0.717, 1.165) is 5.75 Å². The van der Waals surface area contributed by atoms with Gasteiger partial charge in [-0.25, -0.2) is 8.78 Å². The lowest BCUT2D eigenvalue weighted by molar-refractivity contribution is 0.148. The summed E-state index contributed by atoms with van der Waals surface area (Å²) in [5, 5.41) is 0. The van der Waals surface area contributed by atoms with E-state index in [-0.39, 0.29) is 5.56 Å². The maximum Gasteiger partial charge on any atom is 0.264 e. The first kappa shape index (κ1) is 9.52. The highest BCUT2D eigenvalue weighted by atomic mass is 32.2. The maximum absolute atomic E-state index is 12.3. The highest BCUT2D eigenvalue weighted by Gasteiger charge is 2.11. The molecular formula is C9H9F2S. The molecule has 0 amide bonds. The lowest BCUT2D eigenvalue weighted by atomic mass is 10.2. The summed E-state index contributed by atoms with van der Waals surface area (Å²) in [7, 11) is 0. The molecule has 1 aromatic carbocycles. The summed E-state index contributed by atoms with van der Waals surface area (Å²) in [6.45, 7) is 1.93. The molecule has 0 atom stereocenters. The minimum Gasteiger partial charge on any atom is -0.205 e. The summed E-state index contributed by atoms with van der Waals surface area (Å²) >= 11 is 1.39. The summed E-state index contributed by atoms with van der Waals surface area (Å²) in [6, 6.07) is 7.49. The molecule has 3 heteroatoms. The first-order valence-corrected chi connectivity index (χ1v) is 4.65. The number of hydrogen-bond donors (Lipinski definition) is 0. The van der Waals surface area contributed by atoms with Crippen LogP contribution in [0.1, 0.15) is 18.9 Å². The fourth-order valence-corrected chi connectivity index (χ4v) is 1.64. The van der Waals surface area contributed by atoms with Crippen LogP contribution < -0.4 is 0 Å². The molecule has 0 fully saturated rings. The Morgan fingerprint density at radius 3 is 2.92 bits per heavy atom. The van der Waals surface area contributed by atoms with Crippen LogP contribution in [-0.4, -0.2) is 5.75 Å². The summed E-state index contributed by atoms with van der Waals surface area (Å²) in [4.78, 5) is 0.565. The Bertz CT molecular complexity index is 248. The predicted molar refractivity (Wildman–Crippen MR) is 46.6 cm³/mol. The number of rotatable bonds is 3. The van der Waals surface area contributed by atoms with Gasteiger partial charge in [-0.2, -0.15) is 0 Å². The van der Waals surface area contributed by atoms with Gasteiger partial charge in [0.15, 0.2) is 0 Å². The second-order valence-corrected chi connectivity index (χ2v) is 3.46. The van der Waals surface area contributed by atoms with E-state index >= 15 is 0 Å². The van der Waals surface area contributed by atoms with Gasteiger partial charge in [0, 0.05) is 10.5 Å². The second kappa shape index (κ2) is 4.45. The largest absolute Gasteiger partial charge is 0.264 e. The van der Waals surface area contributed by atoms with Crippen molar-refractivity contribution in [1.29, 1.82) is 0 Å². The molecule has 0 unspecified atom stereocenters. The molecule has 0 aliphatic carbocycles. The third-order valence-corrected chi connectivity index (χ3v) is 2.30. The zero-order valence-corrected chi connectivity index (χ0v) is 7.50. The van der Waals surface area contributed by atoms with Crippen LogP contribution >= 0.6 is 11.8 Å². The molecule has 12 heavy (non-hydrogen) atoms. The Balaban J connectivity index is 2.92. The minimum absolute atomic E-state index is 0.0874. The van der Waals surface area contributed by atoms with Crippen molar-refractivity contribution in [2.45, 2.75) is 18.2 Å². The zero-order chi connectivity index (χ0) is 8.97. The summed E-state index contributed by atoms with van der Waals surface area (Å²) in [6.07, 6.45) is -2.39. The predicted octanol–water partition coefficient (Wildman–Crippen LogP) is 3.54. The van der Waals surface area contributed by atoms with Crippen molar-refractivity contribution in [1.82, 2.24) is 0 Å². The molecular weight excluding hydrogens is 178 g/mol. The third kappa shape index (κ3) is 2.21. The van der Waals surface area contributed by atoms with E-state index in [1.807, 2.05) is 6.92 Å². The van der Waals surface area contributed by atoms with E-state index in [0.29, 0.717) is 4.90 Å². The van der Waals surface area contributed by atoms with Crippen molar-refractivity contribution in [3.8, 4) is 0 Å². The molecule has 0 saturated carbocycles. The molecule has 0 bridgehead atoms. The van der Waals surface area contributed by atoms with Crippen molar-refractivity contribution in [2.75, 3.05) is 5.75 Å². The third-order valence-electron chi connectivity index (χ3n) is 1.37. The molecule has 0 aliphatic rings. The van der Waals surface area contributed by atoms with Gasteiger partial charge in [0.25, 0.3) is 6.43 Å². The number of alkyl halides is 2. The highest BCUT2D eigenvalue weighted by molar-refractivity contribution is 7.99. The van der Waals surface area contributed by atoms with Gasteiger partial charge >= 0.3 is 0 Å². The standard InChI is InChI=1S/C9H9F2S/c1-2-12-8-6-4-3-5-7(8)9(10)11/h3-5,9H,2H2,1H3. The van der Waals surface area contributed by atoms with Gasteiger partial charge in [0.1, 0.15) is 0 Å². The molecule has 1 aromatic rings. The lowest BCUT2D eigenvalue weighted by Crippen LogP contribution is -1.87. The number of halogens is 2. The minimum atomic E-state index is -2.39. The van der Waals surface area contributed by atoms with Crippen molar-refractivity contribution in [2.24, 2.45) is 0 Å². The van der Waals surface area contributed by atoms with E-state index in [1.165, 1.54) is 17.8 Å². The van der Waals surface area contributed by atoms with Crippen molar-refractivity contribution < 1.29 is 8.78 Å². The average molecular weight is 187 g/mol. The van der Waals surface area contributed by atoms with Gasteiger partial charge in [-0.1, -0.05) is 25.1 Å². The number of benzene rings is 1. The van der Waals surface area contributed by atoms with E-state index < -0.39 is 6.43 Å². The van der Waals surface area contributed by atoms with E-state index in [4.69, 9.17) is 0 Å². The van der Waals surface area contributed by atoms with Gasteiger partial charge in [0.2, 0.25) is 0 Å². The van der Waals surface area contributed by atoms with Crippen LogP contribution in [0.25, 0.3) is 0 Å². The molecule has 0 aliphatic heterocycles. The van der Waals surface area contributed by atoms with Crippen molar-refractivity contribution in [3.05, 3.63) is 29.8 Å². The van der Waals surface area contributed by atoms with Crippen LogP contribution in [0.2, 0.25) is 0 Å². The SMILES string of the molecule is CCSc1[c]cccc1C(F)F. The van der Waals surface area contributed by atoms with Gasteiger partial charge in [-0.15, -0.1) is 11.8 Å². The summed E-state index contributed by atoms with van der Waals surface area (Å²) in [5.74, 6) is 0.792. The van der Waals surface area contributed by atoms with Crippen LogP contribution in [0, 0.1) is 6.07 Å². The Hall–Kier alpha value is -0.570. The topological polar surface area (TPSA) is 0 Å². The van der Waals surface area contributed by atoms with Gasteiger partial charge in [-0.05, 0) is 11.8 Å². The van der Waals surface area contributed by atoms with Crippen LogP contribution in [0.15, 0.2) is 23.1 Å². The van der Waals surface area contributed by atoms with Gasteiger partial charge < -0.3 is 0 Å². The van der Waals surface area contributed by atoms with Crippen molar-refractivity contribution in [3.63, 3.8) is 0 Å². The van der Waals surface area contributed by atoms with Crippen LogP contribution in [0.4, 0.5) is 8.78 Å². The Kier molecular flexibility index (Phi) is 3.53. The van der Waals surface area contributed by atoms with E-state index in [1.54, 1.807) is 12.1 Å². The first-order valence-electron chi connectivity index (χ1n) is 3.67. The molecule has 0 heterocycles.